The molecule has 0 spiro atoms. The topological polar surface area (TPSA) is 93.7 Å². The third-order valence-electron chi connectivity index (χ3n) is 2.36. The van der Waals surface area contributed by atoms with Gasteiger partial charge in [-0.15, -0.1) is 0 Å². The highest BCUT2D eigenvalue weighted by Gasteiger charge is 2.39. The highest BCUT2D eigenvalue weighted by Crippen LogP contribution is 2.13. The van der Waals surface area contributed by atoms with Crippen LogP contribution in [0.1, 0.15) is 34.1 Å². The van der Waals surface area contributed by atoms with Crippen molar-refractivity contribution in [3.63, 3.8) is 0 Å². The lowest BCUT2D eigenvalue weighted by Crippen LogP contribution is -2.58. The van der Waals surface area contributed by atoms with E-state index < -0.39 is 23.7 Å². The van der Waals surface area contributed by atoms with Gasteiger partial charge in [0.2, 0.25) is 5.91 Å². The molecule has 7 heteroatoms. The first-order chi connectivity index (χ1) is 8.69. The lowest BCUT2D eigenvalue weighted by atomic mass is 10.1. The molecule has 0 saturated carbocycles. The van der Waals surface area contributed by atoms with E-state index in [2.05, 4.69) is 10.6 Å². The Morgan fingerprint density at radius 1 is 1.37 bits per heavy atom. The summed E-state index contributed by atoms with van der Waals surface area (Å²) in [6, 6.07) is -0.575. The maximum atomic E-state index is 11.5. The molecule has 0 unspecified atom stereocenters. The van der Waals surface area contributed by atoms with Gasteiger partial charge < -0.3 is 20.1 Å². The second-order valence-corrected chi connectivity index (χ2v) is 5.37. The first-order valence-electron chi connectivity index (χ1n) is 6.16. The van der Waals surface area contributed by atoms with Crippen LogP contribution in [0.3, 0.4) is 0 Å². The van der Waals surface area contributed by atoms with Gasteiger partial charge in [0.25, 0.3) is 0 Å². The summed E-state index contributed by atoms with van der Waals surface area (Å²) < 4.78 is 9.72. The average molecular weight is 272 g/mol. The van der Waals surface area contributed by atoms with Gasteiger partial charge in [0.1, 0.15) is 11.7 Å². The monoisotopic (exact) mass is 272 g/mol. The number of hydrogen-bond donors (Lipinski definition) is 2. The molecule has 1 aliphatic heterocycles. The van der Waals surface area contributed by atoms with Crippen LogP contribution in [0.5, 0.6) is 0 Å². The van der Waals surface area contributed by atoms with Crippen LogP contribution in [0.25, 0.3) is 0 Å². The number of alkyl carbamates (subject to hydrolysis) is 1. The second-order valence-electron chi connectivity index (χ2n) is 5.37. The summed E-state index contributed by atoms with van der Waals surface area (Å²) in [4.78, 5) is 33.8. The Balaban J connectivity index is 2.17. The normalized spacial score (nSPS) is 22.0. The van der Waals surface area contributed by atoms with Crippen molar-refractivity contribution >= 4 is 18.0 Å². The summed E-state index contributed by atoms with van der Waals surface area (Å²) in [6.07, 6.45) is -0.789. The van der Waals surface area contributed by atoms with E-state index in [9.17, 15) is 14.4 Å². The third kappa shape index (κ3) is 5.15. The van der Waals surface area contributed by atoms with Crippen LogP contribution in [0.15, 0.2) is 0 Å². The number of hydrogen-bond acceptors (Lipinski definition) is 5. The van der Waals surface area contributed by atoms with Crippen molar-refractivity contribution in [1.29, 1.82) is 0 Å². The largest absolute Gasteiger partial charge is 0.458 e. The molecule has 1 rings (SSSR count). The molecular weight excluding hydrogens is 252 g/mol. The van der Waals surface area contributed by atoms with Gasteiger partial charge in [-0.05, 0) is 27.7 Å². The fourth-order valence-corrected chi connectivity index (χ4v) is 1.46. The van der Waals surface area contributed by atoms with E-state index in [0.29, 0.717) is 0 Å². The minimum absolute atomic E-state index is 0.0791. The van der Waals surface area contributed by atoms with Crippen molar-refractivity contribution in [2.75, 3.05) is 6.54 Å². The predicted molar refractivity (Wildman–Crippen MR) is 66.3 cm³/mol. The van der Waals surface area contributed by atoms with Crippen LogP contribution >= 0.6 is 0 Å². The Morgan fingerprint density at radius 2 is 2.00 bits per heavy atom. The van der Waals surface area contributed by atoms with Gasteiger partial charge in [-0.1, -0.05) is 0 Å². The van der Waals surface area contributed by atoms with E-state index in [1.54, 1.807) is 27.7 Å². The number of esters is 1. The number of carbonyl (C=O) groups excluding carboxylic acids is 3. The van der Waals surface area contributed by atoms with E-state index in [-0.39, 0.29) is 25.0 Å². The zero-order chi connectivity index (χ0) is 14.6. The van der Waals surface area contributed by atoms with E-state index in [1.807, 2.05) is 0 Å². The zero-order valence-corrected chi connectivity index (χ0v) is 11.6. The molecule has 1 saturated heterocycles. The molecule has 1 fully saturated rings. The van der Waals surface area contributed by atoms with Crippen molar-refractivity contribution < 1.29 is 23.9 Å². The molecule has 2 atom stereocenters. The van der Waals surface area contributed by atoms with Gasteiger partial charge in [0.15, 0.2) is 6.04 Å². The lowest BCUT2D eigenvalue weighted by Gasteiger charge is -2.32. The molecule has 0 aliphatic carbocycles. The number of cyclic esters (lactones) is 1. The summed E-state index contributed by atoms with van der Waals surface area (Å²) in [5.74, 6) is -0.745. The first-order valence-corrected chi connectivity index (χ1v) is 6.16. The third-order valence-corrected chi connectivity index (χ3v) is 2.36. The second kappa shape index (κ2) is 5.90. The first kappa shape index (κ1) is 15.3. The minimum Gasteiger partial charge on any atom is -0.458 e. The Bertz CT molecular complexity index is 375. The quantitative estimate of drug-likeness (QED) is 0.719. The fraction of sp³-hybridized carbons (Fsp3) is 0.750. The van der Waals surface area contributed by atoms with Crippen LogP contribution in [0.2, 0.25) is 0 Å². The number of ether oxygens (including phenoxy) is 2. The number of nitrogens with one attached hydrogen (secondary N) is 2. The molecule has 2 N–H and O–H groups in total. The smallest absolute Gasteiger partial charge is 0.407 e. The predicted octanol–water partition coefficient (Wildman–Crippen LogP) is 0.331. The van der Waals surface area contributed by atoms with Crippen LogP contribution < -0.4 is 10.6 Å². The standard InChI is InChI=1S/C12H20N2O5/c1-7-9(10(16)18-7)14-8(15)5-6-13-11(17)19-12(2,3)4/h7,9H,5-6H2,1-4H3,(H,13,17)(H,14,15)/t7-,9+/m1/s1. The van der Waals surface area contributed by atoms with Gasteiger partial charge in [-0.2, -0.15) is 0 Å². The van der Waals surface area contributed by atoms with E-state index in [0.717, 1.165) is 0 Å². The molecule has 7 nitrogen and oxygen atoms in total. The summed E-state index contributed by atoms with van der Waals surface area (Å²) in [5.41, 5.74) is -0.572. The Hall–Kier alpha value is -1.79. The molecule has 0 aromatic carbocycles. The number of amides is 2. The van der Waals surface area contributed by atoms with E-state index in [1.165, 1.54) is 0 Å². The molecule has 108 valence electrons. The average Bonchev–Trinajstić information content (AvgIpc) is 2.24. The van der Waals surface area contributed by atoms with E-state index in [4.69, 9.17) is 9.47 Å². The molecule has 19 heavy (non-hydrogen) atoms. The fourth-order valence-electron chi connectivity index (χ4n) is 1.46. The SMILES string of the molecule is C[C@H]1OC(=O)[C@H]1NC(=O)CCNC(=O)OC(C)(C)C. The highest BCUT2D eigenvalue weighted by molar-refractivity contribution is 5.88. The maximum Gasteiger partial charge on any atom is 0.407 e. The molecule has 0 radical (unpaired) electrons. The van der Waals surface area contributed by atoms with Crippen LogP contribution in [-0.4, -0.2) is 42.3 Å². The van der Waals surface area contributed by atoms with Gasteiger partial charge in [0.05, 0.1) is 0 Å². The summed E-state index contributed by atoms with van der Waals surface area (Å²) in [6.45, 7) is 7.11. The maximum absolute atomic E-state index is 11.5. The summed E-state index contributed by atoms with van der Waals surface area (Å²) >= 11 is 0. The van der Waals surface area contributed by atoms with E-state index >= 15 is 0 Å². The zero-order valence-electron chi connectivity index (χ0n) is 11.6. The van der Waals surface area contributed by atoms with Crippen molar-refractivity contribution in [2.24, 2.45) is 0 Å². The summed E-state index contributed by atoms with van der Waals surface area (Å²) in [5, 5.41) is 5.00. The van der Waals surface area contributed by atoms with Gasteiger partial charge in [0, 0.05) is 13.0 Å². The highest BCUT2D eigenvalue weighted by atomic mass is 16.6. The van der Waals surface area contributed by atoms with Crippen molar-refractivity contribution in [1.82, 2.24) is 10.6 Å². The molecule has 0 aromatic rings. The summed E-state index contributed by atoms with van der Waals surface area (Å²) in [7, 11) is 0. The van der Waals surface area contributed by atoms with Gasteiger partial charge >= 0.3 is 12.1 Å². The Morgan fingerprint density at radius 3 is 2.47 bits per heavy atom. The van der Waals surface area contributed by atoms with Gasteiger partial charge in [-0.25, -0.2) is 9.59 Å². The van der Waals surface area contributed by atoms with Crippen LogP contribution in [0, 0.1) is 0 Å². The molecule has 1 aliphatic rings. The lowest BCUT2D eigenvalue weighted by molar-refractivity contribution is -0.176. The minimum atomic E-state index is -0.575. The molecule has 2 amide bonds. The molecule has 1 heterocycles. The van der Waals surface area contributed by atoms with Crippen molar-refractivity contribution in [3.8, 4) is 0 Å². The molecular formula is C12H20N2O5. The van der Waals surface area contributed by atoms with Crippen molar-refractivity contribution in [3.05, 3.63) is 0 Å². The Kier molecular flexibility index (Phi) is 4.74. The number of rotatable bonds is 4. The number of carbonyl (C=O) groups is 3. The molecule has 0 aromatic heterocycles. The van der Waals surface area contributed by atoms with Gasteiger partial charge in [-0.3, -0.25) is 4.79 Å². The van der Waals surface area contributed by atoms with Crippen LogP contribution in [-0.2, 0) is 19.1 Å². The Labute approximate surface area is 112 Å². The van der Waals surface area contributed by atoms with Crippen LogP contribution in [0.4, 0.5) is 4.79 Å². The molecule has 0 bridgehead atoms. The van der Waals surface area contributed by atoms with Crippen molar-refractivity contribution in [2.45, 2.75) is 51.9 Å².